The molecule has 0 amide bonds. The van der Waals surface area contributed by atoms with Gasteiger partial charge in [0.2, 0.25) is 11.0 Å². The number of ether oxygens (including phenoxy) is 1. The highest BCUT2D eigenvalue weighted by Gasteiger charge is 2.12. The number of pyridine rings is 1. The summed E-state index contributed by atoms with van der Waals surface area (Å²) in [5, 5.41) is 5.54. The van der Waals surface area contributed by atoms with Gasteiger partial charge in [0.15, 0.2) is 0 Å². The third-order valence-electron chi connectivity index (χ3n) is 3.68. The molecule has 7 heteroatoms. The van der Waals surface area contributed by atoms with E-state index in [-0.39, 0.29) is 0 Å². The smallest absolute Gasteiger partial charge is 0.213 e. The number of rotatable bonds is 8. The molecule has 0 aliphatic heterocycles. The first-order valence-corrected chi connectivity index (χ1v) is 9.96. The summed E-state index contributed by atoms with van der Waals surface area (Å²) >= 11 is 3.05. The van der Waals surface area contributed by atoms with Crippen LogP contribution in [0.25, 0.3) is 22.0 Å². The van der Waals surface area contributed by atoms with Gasteiger partial charge in [-0.15, -0.1) is 22.7 Å². The Labute approximate surface area is 155 Å². The van der Waals surface area contributed by atoms with Gasteiger partial charge in [-0.2, -0.15) is 0 Å². The fourth-order valence-electron chi connectivity index (χ4n) is 2.34. The van der Waals surface area contributed by atoms with Crippen LogP contribution in [0.4, 0.5) is 5.13 Å². The van der Waals surface area contributed by atoms with Gasteiger partial charge in [0.25, 0.3) is 0 Å². The first-order chi connectivity index (χ1) is 12.2. The van der Waals surface area contributed by atoms with Gasteiger partial charge in [-0.1, -0.05) is 19.8 Å². The van der Waals surface area contributed by atoms with Gasteiger partial charge in [0.1, 0.15) is 16.4 Å². The van der Waals surface area contributed by atoms with E-state index in [1.165, 1.54) is 24.2 Å². The summed E-state index contributed by atoms with van der Waals surface area (Å²) in [6, 6.07) is 3.94. The van der Waals surface area contributed by atoms with Crippen molar-refractivity contribution >= 4 is 34.5 Å². The van der Waals surface area contributed by atoms with Gasteiger partial charge in [0.05, 0.1) is 12.3 Å². The molecule has 25 heavy (non-hydrogen) atoms. The molecule has 0 saturated heterocycles. The summed E-state index contributed by atoms with van der Waals surface area (Å²) in [7, 11) is 0. The Bertz CT molecular complexity index is 856. The van der Waals surface area contributed by atoms with E-state index in [0.717, 1.165) is 34.1 Å². The number of aromatic nitrogens is 3. The van der Waals surface area contributed by atoms with Crippen LogP contribution in [0.15, 0.2) is 27.9 Å². The minimum atomic E-state index is 0.659. The number of unbranched alkanes of at least 4 members (excludes halogenated alkanes) is 2. The van der Waals surface area contributed by atoms with Crippen LogP contribution in [0.3, 0.4) is 0 Å². The molecule has 130 valence electrons. The molecule has 0 aromatic carbocycles. The lowest BCUT2D eigenvalue weighted by Gasteiger charge is -2.07. The Morgan fingerprint density at radius 2 is 1.88 bits per heavy atom. The van der Waals surface area contributed by atoms with Crippen molar-refractivity contribution in [3.05, 3.63) is 28.6 Å². The zero-order chi connectivity index (χ0) is 17.6. The zero-order valence-corrected chi connectivity index (χ0v) is 16.0. The van der Waals surface area contributed by atoms with Crippen molar-refractivity contribution in [2.24, 2.45) is 4.99 Å². The predicted molar refractivity (Wildman–Crippen MR) is 105 cm³/mol. The molecule has 0 saturated carbocycles. The van der Waals surface area contributed by atoms with E-state index in [2.05, 4.69) is 28.6 Å². The predicted octanol–water partition coefficient (Wildman–Crippen LogP) is 5.54. The van der Waals surface area contributed by atoms with Crippen molar-refractivity contribution in [1.29, 1.82) is 0 Å². The Balaban J connectivity index is 1.74. The van der Waals surface area contributed by atoms with Crippen LogP contribution in [0.1, 0.15) is 31.9 Å². The van der Waals surface area contributed by atoms with Crippen molar-refractivity contribution < 1.29 is 4.74 Å². The molecule has 0 N–H and O–H groups in total. The Kier molecular flexibility index (Phi) is 5.88. The Morgan fingerprint density at radius 1 is 1.08 bits per heavy atom. The van der Waals surface area contributed by atoms with Crippen molar-refractivity contribution in [2.75, 3.05) is 6.61 Å². The van der Waals surface area contributed by atoms with Gasteiger partial charge in [-0.25, -0.2) is 19.9 Å². The summed E-state index contributed by atoms with van der Waals surface area (Å²) in [6.45, 7) is 8.38. The van der Waals surface area contributed by atoms with E-state index < -0.39 is 0 Å². The molecule has 0 bridgehead atoms. The van der Waals surface area contributed by atoms with E-state index in [4.69, 9.17) is 9.72 Å². The van der Waals surface area contributed by atoms with Crippen LogP contribution < -0.4 is 4.74 Å². The lowest BCUT2D eigenvalue weighted by atomic mass is 10.2. The van der Waals surface area contributed by atoms with Crippen LogP contribution in [0.2, 0.25) is 0 Å². The van der Waals surface area contributed by atoms with E-state index in [1.54, 1.807) is 11.3 Å². The van der Waals surface area contributed by atoms with Crippen molar-refractivity contribution in [1.82, 2.24) is 15.0 Å². The Hall–Kier alpha value is -2.12. The first-order valence-electron chi connectivity index (χ1n) is 8.20. The van der Waals surface area contributed by atoms with Gasteiger partial charge in [0, 0.05) is 22.4 Å². The summed E-state index contributed by atoms with van der Waals surface area (Å²) in [5.74, 6) is 0.676. The maximum Gasteiger partial charge on any atom is 0.213 e. The SMILES string of the molecule is C=Nc1nc(-c2csc(-c3ccc(OCCCCC)nc3C)n2)cs1. The van der Waals surface area contributed by atoms with Crippen LogP contribution in [0.5, 0.6) is 5.88 Å². The molecule has 5 nitrogen and oxygen atoms in total. The molecule has 0 unspecified atom stereocenters. The number of aryl methyl sites for hydroxylation is 1. The van der Waals surface area contributed by atoms with Crippen molar-refractivity contribution in [3.8, 4) is 27.8 Å². The van der Waals surface area contributed by atoms with Gasteiger partial charge >= 0.3 is 0 Å². The van der Waals surface area contributed by atoms with Crippen molar-refractivity contribution in [3.63, 3.8) is 0 Å². The third-order valence-corrected chi connectivity index (χ3v) is 5.33. The van der Waals surface area contributed by atoms with E-state index in [9.17, 15) is 0 Å². The highest BCUT2D eigenvalue weighted by Crippen LogP contribution is 2.32. The number of aliphatic imine (C=N–C) groups is 1. The summed E-state index contributed by atoms with van der Waals surface area (Å²) < 4.78 is 5.72. The third kappa shape index (κ3) is 4.29. The molecule has 3 aromatic heterocycles. The second-order valence-electron chi connectivity index (χ2n) is 5.55. The molecule has 0 fully saturated rings. The standard InChI is InChI=1S/C18H20N4OS2/c1-4-5-6-9-23-16-8-7-13(12(2)20-16)17-21-14(10-24-17)15-11-25-18(19-3)22-15/h7-8,10-11H,3-6,9H2,1-2H3. The fraction of sp³-hybridized carbons (Fsp3) is 0.333. The average Bonchev–Trinajstić information content (AvgIpc) is 3.27. The molecule has 3 rings (SSSR count). The minimum absolute atomic E-state index is 0.659. The molecule has 0 radical (unpaired) electrons. The lowest BCUT2D eigenvalue weighted by molar-refractivity contribution is 0.294. The van der Waals surface area contributed by atoms with Gasteiger partial charge in [-0.3, -0.25) is 0 Å². The van der Waals surface area contributed by atoms with Crippen molar-refractivity contribution in [2.45, 2.75) is 33.1 Å². The molecule has 3 aromatic rings. The maximum absolute atomic E-state index is 5.72. The number of nitrogens with zero attached hydrogens (tertiary/aromatic N) is 4. The fourth-order valence-corrected chi connectivity index (χ4v) is 3.85. The first kappa shape index (κ1) is 17.7. The molecule has 0 aliphatic carbocycles. The number of hydrogen-bond donors (Lipinski definition) is 0. The second-order valence-corrected chi connectivity index (χ2v) is 7.24. The minimum Gasteiger partial charge on any atom is -0.478 e. The topological polar surface area (TPSA) is 60.3 Å². The molecule has 3 heterocycles. The molecular weight excluding hydrogens is 352 g/mol. The maximum atomic E-state index is 5.72. The summed E-state index contributed by atoms with van der Waals surface area (Å²) in [6.07, 6.45) is 3.42. The van der Waals surface area contributed by atoms with Crippen LogP contribution >= 0.6 is 22.7 Å². The molecular formula is C18H20N4OS2. The Morgan fingerprint density at radius 3 is 2.60 bits per heavy atom. The molecule has 0 aliphatic rings. The largest absolute Gasteiger partial charge is 0.478 e. The number of hydrogen-bond acceptors (Lipinski definition) is 7. The monoisotopic (exact) mass is 372 g/mol. The second kappa shape index (κ2) is 8.31. The van der Waals surface area contributed by atoms with Crippen LogP contribution in [-0.4, -0.2) is 28.3 Å². The molecule has 0 spiro atoms. The quantitative estimate of drug-likeness (QED) is 0.385. The lowest BCUT2D eigenvalue weighted by Crippen LogP contribution is -2.00. The highest BCUT2D eigenvalue weighted by molar-refractivity contribution is 7.14. The van der Waals surface area contributed by atoms with Crippen LogP contribution in [-0.2, 0) is 0 Å². The van der Waals surface area contributed by atoms with Gasteiger partial charge < -0.3 is 4.74 Å². The van der Waals surface area contributed by atoms with E-state index in [1.807, 2.05) is 29.8 Å². The van der Waals surface area contributed by atoms with E-state index >= 15 is 0 Å². The number of thiazole rings is 2. The average molecular weight is 373 g/mol. The summed E-state index contributed by atoms with van der Waals surface area (Å²) in [5.41, 5.74) is 3.62. The van der Waals surface area contributed by atoms with E-state index in [0.29, 0.717) is 17.6 Å². The zero-order valence-electron chi connectivity index (χ0n) is 14.4. The van der Waals surface area contributed by atoms with Crippen LogP contribution in [0, 0.1) is 6.92 Å². The summed E-state index contributed by atoms with van der Waals surface area (Å²) in [4.78, 5) is 17.5. The highest BCUT2D eigenvalue weighted by atomic mass is 32.1. The molecule has 0 atom stereocenters. The van der Waals surface area contributed by atoms with Gasteiger partial charge in [-0.05, 0) is 26.1 Å². The normalized spacial score (nSPS) is 10.8.